The van der Waals surface area contributed by atoms with Crippen molar-refractivity contribution in [2.45, 2.75) is 17.5 Å². The van der Waals surface area contributed by atoms with Crippen molar-refractivity contribution in [2.75, 3.05) is 7.11 Å². The van der Waals surface area contributed by atoms with Crippen LogP contribution in [0.5, 0.6) is 5.75 Å². The van der Waals surface area contributed by atoms with E-state index in [1.165, 1.54) is 23.9 Å². The maximum Gasteiger partial charge on any atom is 0.192 e. The second-order valence-electron chi connectivity index (χ2n) is 5.32. The van der Waals surface area contributed by atoms with Crippen LogP contribution in [-0.2, 0) is 12.3 Å². The van der Waals surface area contributed by atoms with E-state index in [9.17, 15) is 4.39 Å². The minimum absolute atomic E-state index is 0.283. The molecule has 0 aliphatic heterocycles. The highest BCUT2D eigenvalue weighted by Gasteiger charge is 2.14. The van der Waals surface area contributed by atoms with Crippen LogP contribution in [0, 0.1) is 5.82 Å². The van der Waals surface area contributed by atoms with Gasteiger partial charge < -0.3 is 4.74 Å². The van der Waals surface area contributed by atoms with Crippen LogP contribution in [0.15, 0.2) is 66.3 Å². The standard InChI is InChI=1S/C19H18FN3OS/c1-3-11-23-18(14-7-5-4-6-8-14)21-22-19(23)25-13-15-12-16(20)9-10-17(15)24-2/h3-10,12H,1,11,13H2,2H3. The fraction of sp³-hybridized carbons (Fsp3) is 0.158. The summed E-state index contributed by atoms with van der Waals surface area (Å²) in [6.45, 7) is 4.41. The molecule has 25 heavy (non-hydrogen) atoms. The molecule has 0 N–H and O–H groups in total. The van der Waals surface area contributed by atoms with Gasteiger partial charge in [0.25, 0.3) is 0 Å². The highest BCUT2D eigenvalue weighted by molar-refractivity contribution is 7.98. The van der Waals surface area contributed by atoms with Crippen LogP contribution in [-0.4, -0.2) is 21.9 Å². The molecule has 0 aliphatic rings. The van der Waals surface area contributed by atoms with Crippen molar-refractivity contribution in [2.24, 2.45) is 0 Å². The van der Waals surface area contributed by atoms with Gasteiger partial charge in [-0.05, 0) is 18.2 Å². The normalized spacial score (nSPS) is 10.6. The van der Waals surface area contributed by atoms with Gasteiger partial charge in [0.15, 0.2) is 11.0 Å². The van der Waals surface area contributed by atoms with Gasteiger partial charge in [0.1, 0.15) is 11.6 Å². The number of hydrogen-bond acceptors (Lipinski definition) is 4. The number of halogens is 1. The molecule has 6 heteroatoms. The van der Waals surface area contributed by atoms with E-state index in [-0.39, 0.29) is 5.82 Å². The fourth-order valence-corrected chi connectivity index (χ4v) is 3.42. The molecule has 1 heterocycles. The van der Waals surface area contributed by atoms with E-state index in [0.717, 1.165) is 22.1 Å². The lowest BCUT2D eigenvalue weighted by atomic mass is 10.2. The first-order valence-corrected chi connectivity index (χ1v) is 8.76. The third-order valence-corrected chi connectivity index (χ3v) is 4.68. The predicted octanol–water partition coefficient (Wildman–Crippen LogP) is 4.57. The fourth-order valence-electron chi connectivity index (χ4n) is 2.49. The molecule has 0 fully saturated rings. The van der Waals surface area contributed by atoms with Crippen molar-refractivity contribution in [1.82, 2.24) is 14.8 Å². The number of thioether (sulfide) groups is 1. The van der Waals surface area contributed by atoms with E-state index in [0.29, 0.717) is 18.0 Å². The molecule has 128 valence electrons. The second-order valence-corrected chi connectivity index (χ2v) is 6.26. The molecule has 0 spiro atoms. The molecule has 0 saturated heterocycles. The monoisotopic (exact) mass is 355 g/mol. The zero-order valence-corrected chi connectivity index (χ0v) is 14.7. The molecule has 0 atom stereocenters. The lowest BCUT2D eigenvalue weighted by Gasteiger charge is -2.10. The van der Waals surface area contributed by atoms with E-state index >= 15 is 0 Å². The molecule has 1 aromatic heterocycles. The molecular weight excluding hydrogens is 337 g/mol. The van der Waals surface area contributed by atoms with Crippen LogP contribution in [0.2, 0.25) is 0 Å². The van der Waals surface area contributed by atoms with Crippen LogP contribution in [0.4, 0.5) is 4.39 Å². The Balaban J connectivity index is 1.87. The largest absolute Gasteiger partial charge is 0.496 e. The number of benzene rings is 2. The predicted molar refractivity (Wildman–Crippen MR) is 98.2 cm³/mol. The number of rotatable bonds is 7. The Hall–Kier alpha value is -2.60. The summed E-state index contributed by atoms with van der Waals surface area (Å²) in [7, 11) is 1.58. The minimum Gasteiger partial charge on any atom is -0.496 e. The second kappa shape index (κ2) is 7.98. The number of allylic oxidation sites excluding steroid dienone is 1. The first kappa shape index (κ1) is 17.2. The smallest absolute Gasteiger partial charge is 0.192 e. The Morgan fingerprint density at radius 3 is 2.72 bits per heavy atom. The van der Waals surface area contributed by atoms with E-state index in [1.807, 2.05) is 41.0 Å². The molecule has 3 aromatic rings. The van der Waals surface area contributed by atoms with Gasteiger partial charge in [-0.1, -0.05) is 48.2 Å². The minimum atomic E-state index is -0.283. The summed E-state index contributed by atoms with van der Waals surface area (Å²) in [5, 5.41) is 9.37. The molecule has 0 aliphatic carbocycles. The number of nitrogens with zero attached hydrogens (tertiary/aromatic N) is 3. The number of hydrogen-bond donors (Lipinski definition) is 0. The molecule has 0 bridgehead atoms. The maximum absolute atomic E-state index is 13.5. The third kappa shape index (κ3) is 3.91. The number of methoxy groups -OCH3 is 1. The van der Waals surface area contributed by atoms with Gasteiger partial charge in [0.2, 0.25) is 0 Å². The van der Waals surface area contributed by atoms with Gasteiger partial charge in [-0.25, -0.2) is 4.39 Å². The molecule has 0 amide bonds. The Kier molecular flexibility index (Phi) is 5.50. The lowest BCUT2D eigenvalue weighted by molar-refractivity contribution is 0.410. The van der Waals surface area contributed by atoms with Crippen LogP contribution in [0.1, 0.15) is 5.56 Å². The topological polar surface area (TPSA) is 39.9 Å². The Morgan fingerprint density at radius 2 is 2.00 bits per heavy atom. The Morgan fingerprint density at radius 1 is 1.20 bits per heavy atom. The highest BCUT2D eigenvalue weighted by Crippen LogP contribution is 2.30. The maximum atomic E-state index is 13.5. The van der Waals surface area contributed by atoms with Crippen molar-refractivity contribution in [3.63, 3.8) is 0 Å². The van der Waals surface area contributed by atoms with Gasteiger partial charge in [0.05, 0.1) is 7.11 Å². The van der Waals surface area contributed by atoms with Gasteiger partial charge in [-0.15, -0.1) is 16.8 Å². The Bertz CT molecular complexity index is 864. The molecular formula is C19H18FN3OS. The highest BCUT2D eigenvalue weighted by atomic mass is 32.2. The van der Waals surface area contributed by atoms with Gasteiger partial charge in [-0.3, -0.25) is 4.57 Å². The molecule has 4 nitrogen and oxygen atoms in total. The summed E-state index contributed by atoms with van der Waals surface area (Å²) < 4.78 is 20.8. The van der Waals surface area contributed by atoms with E-state index < -0.39 is 0 Å². The first-order chi connectivity index (χ1) is 12.2. The quantitative estimate of drug-likeness (QED) is 0.460. The van der Waals surface area contributed by atoms with Crippen LogP contribution >= 0.6 is 11.8 Å². The van der Waals surface area contributed by atoms with E-state index in [2.05, 4.69) is 16.8 Å². The van der Waals surface area contributed by atoms with Crippen molar-refractivity contribution in [3.8, 4) is 17.1 Å². The zero-order chi connectivity index (χ0) is 17.6. The van der Waals surface area contributed by atoms with Crippen LogP contribution in [0.25, 0.3) is 11.4 Å². The third-order valence-electron chi connectivity index (χ3n) is 3.66. The number of ether oxygens (including phenoxy) is 1. The summed E-state index contributed by atoms with van der Waals surface area (Å²) in [5.74, 6) is 1.69. The average molecular weight is 355 g/mol. The summed E-state index contributed by atoms with van der Waals surface area (Å²) in [5.41, 5.74) is 1.77. The molecule has 0 saturated carbocycles. The molecule has 3 rings (SSSR count). The molecule has 0 unspecified atom stereocenters. The van der Waals surface area contributed by atoms with Gasteiger partial charge in [-0.2, -0.15) is 0 Å². The summed E-state index contributed by atoms with van der Waals surface area (Å²) in [6.07, 6.45) is 1.81. The van der Waals surface area contributed by atoms with Crippen molar-refractivity contribution < 1.29 is 9.13 Å². The summed E-state index contributed by atoms with van der Waals surface area (Å²) >= 11 is 1.49. The van der Waals surface area contributed by atoms with Crippen LogP contribution in [0.3, 0.4) is 0 Å². The van der Waals surface area contributed by atoms with Crippen LogP contribution < -0.4 is 4.74 Å². The average Bonchev–Trinajstić information content (AvgIpc) is 3.04. The first-order valence-electron chi connectivity index (χ1n) is 7.77. The molecule has 2 aromatic carbocycles. The van der Waals surface area contributed by atoms with Crippen molar-refractivity contribution in [1.29, 1.82) is 0 Å². The van der Waals surface area contributed by atoms with Gasteiger partial charge >= 0.3 is 0 Å². The summed E-state index contributed by atoms with van der Waals surface area (Å²) in [4.78, 5) is 0. The Labute approximate surface area is 150 Å². The van der Waals surface area contributed by atoms with Crippen molar-refractivity contribution >= 4 is 11.8 Å². The summed E-state index contributed by atoms with van der Waals surface area (Å²) in [6, 6.07) is 14.4. The number of aromatic nitrogens is 3. The van der Waals surface area contributed by atoms with E-state index in [4.69, 9.17) is 4.74 Å². The van der Waals surface area contributed by atoms with Crippen molar-refractivity contribution in [3.05, 3.63) is 72.6 Å². The van der Waals surface area contributed by atoms with Gasteiger partial charge in [0, 0.05) is 23.4 Å². The van der Waals surface area contributed by atoms with E-state index in [1.54, 1.807) is 13.2 Å². The SMILES string of the molecule is C=CCn1c(SCc2cc(F)ccc2OC)nnc1-c1ccccc1. The zero-order valence-electron chi connectivity index (χ0n) is 13.9. The lowest BCUT2D eigenvalue weighted by Crippen LogP contribution is -2.01. The molecule has 0 radical (unpaired) electrons.